The Kier molecular flexibility index (Phi) is 1.42. The minimum atomic E-state index is -0.639. The van der Waals surface area contributed by atoms with Gasteiger partial charge in [-0.1, -0.05) is 0 Å². The van der Waals surface area contributed by atoms with Gasteiger partial charge in [0.25, 0.3) is 0 Å². The summed E-state index contributed by atoms with van der Waals surface area (Å²) in [6.45, 7) is 0. The van der Waals surface area contributed by atoms with E-state index in [1.807, 2.05) is 11.9 Å². The minimum Gasteiger partial charge on any atom is -0.480 e. The number of carboxylic acids is 1. The van der Waals surface area contributed by atoms with E-state index in [0.29, 0.717) is 12.0 Å². The molecule has 2 fully saturated rings. The van der Waals surface area contributed by atoms with Crippen molar-refractivity contribution >= 4 is 5.97 Å². The Hall–Kier alpha value is -0.570. The summed E-state index contributed by atoms with van der Waals surface area (Å²) < 4.78 is 0. The number of hydrogen-bond acceptors (Lipinski definition) is 2. The number of nitrogens with zero attached hydrogens (tertiary/aromatic N) is 1. The van der Waals surface area contributed by atoms with E-state index in [1.165, 1.54) is 6.42 Å². The second-order valence-corrected chi connectivity index (χ2v) is 3.68. The van der Waals surface area contributed by atoms with Crippen LogP contribution >= 0.6 is 0 Å². The van der Waals surface area contributed by atoms with Crippen molar-refractivity contribution in [3.05, 3.63) is 0 Å². The van der Waals surface area contributed by atoms with Crippen molar-refractivity contribution in [2.75, 3.05) is 7.05 Å². The Bertz CT molecular complexity index is 191. The van der Waals surface area contributed by atoms with Crippen LogP contribution in [0, 0.1) is 5.92 Å². The van der Waals surface area contributed by atoms with E-state index < -0.39 is 5.97 Å². The lowest BCUT2D eigenvalue weighted by molar-refractivity contribution is -0.144. The quantitative estimate of drug-likeness (QED) is 0.601. The van der Waals surface area contributed by atoms with Gasteiger partial charge in [0.1, 0.15) is 6.04 Å². The highest BCUT2D eigenvalue weighted by Crippen LogP contribution is 2.41. The van der Waals surface area contributed by atoms with Crippen LogP contribution in [0.4, 0.5) is 0 Å². The maximum Gasteiger partial charge on any atom is 0.321 e. The smallest absolute Gasteiger partial charge is 0.321 e. The molecule has 1 heterocycles. The van der Waals surface area contributed by atoms with Crippen LogP contribution in [0.5, 0.6) is 0 Å². The van der Waals surface area contributed by atoms with Crippen LogP contribution < -0.4 is 0 Å². The third-order valence-electron chi connectivity index (χ3n) is 3.16. The van der Waals surface area contributed by atoms with Gasteiger partial charge in [0.05, 0.1) is 0 Å². The van der Waals surface area contributed by atoms with E-state index in [4.69, 9.17) is 5.11 Å². The molecule has 0 aromatic heterocycles. The Labute approximate surface area is 66.0 Å². The van der Waals surface area contributed by atoms with Gasteiger partial charge in [-0.05, 0) is 32.2 Å². The second kappa shape index (κ2) is 2.21. The first-order valence-corrected chi connectivity index (χ1v) is 4.15. The average molecular weight is 155 g/mol. The molecule has 2 aliphatic rings. The summed E-state index contributed by atoms with van der Waals surface area (Å²) in [6, 6.07) is 0.370. The van der Waals surface area contributed by atoms with E-state index in [9.17, 15) is 4.79 Å². The summed E-state index contributed by atoms with van der Waals surface area (Å²) in [7, 11) is 1.93. The average Bonchev–Trinajstić information content (AvgIpc) is 2.44. The molecule has 11 heavy (non-hydrogen) atoms. The number of fused-ring (bicyclic) bond motifs is 2. The number of rotatable bonds is 1. The van der Waals surface area contributed by atoms with Gasteiger partial charge in [-0.2, -0.15) is 0 Å². The first kappa shape index (κ1) is 7.10. The van der Waals surface area contributed by atoms with Crippen LogP contribution in [0.25, 0.3) is 0 Å². The van der Waals surface area contributed by atoms with Crippen LogP contribution in [0.1, 0.15) is 19.3 Å². The monoisotopic (exact) mass is 155 g/mol. The molecular formula is C8H13NO2. The Morgan fingerprint density at radius 3 is 2.64 bits per heavy atom. The van der Waals surface area contributed by atoms with Gasteiger partial charge in [0, 0.05) is 6.04 Å². The molecule has 0 spiro atoms. The van der Waals surface area contributed by atoms with Crippen molar-refractivity contribution < 1.29 is 9.90 Å². The molecule has 0 aromatic carbocycles. The summed E-state index contributed by atoms with van der Waals surface area (Å²) in [5, 5.41) is 8.86. The van der Waals surface area contributed by atoms with Gasteiger partial charge in [0.15, 0.2) is 0 Å². The number of likely N-dealkylation sites (tertiary alicyclic amines) is 1. The van der Waals surface area contributed by atoms with Crippen molar-refractivity contribution in [2.45, 2.75) is 31.3 Å². The fourth-order valence-electron chi connectivity index (χ4n) is 2.58. The molecule has 1 saturated carbocycles. The largest absolute Gasteiger partial charge is 0.480 e. The van der Waals surface area contributed by atoms with Crippen LogP contribution in [-0.2, 0) is 4.79 Å². The van der Waals surface area contributed by atoms with Crippen molar-refractivity contribution in [1.82, 2.24) is 4.90 Å². The molecule has 1 aliphatic carbocycles. The summed E-state index contributed by atoms with van der Waals surface area (Å²) in [5.41, 5.74) is 0. The highest BCUT2D eigenvalue weighted by atomic mass is 16.4. The van der Waals surface area contributed by atoms with E-state index in [2.05, 4.69) is 0 Å². The molecule has 0 aromatic rings. The van der Waals surface area contributed by atoms with E-state index >= 15 is 0 Å². The van der Waals surface area contributed by atoms with Gasteiger partial charge in [-0.3, -0.25) is 9.69 Å². The highest BCUT2D eigenvalue weighted by molar-refractivity contribution is 5.74. The maximum atomic E-state index is 10.8. The number of aliphatic carboxylic acids is 1. The third kappa shape index (κ3) is 0.872. The van der Waals surface area contributed by atoms with Crippen molar-refractivity contribution in [2.24, 2.45) is 5.92 Å². The number of hydrogen-bond donors (Lipinski definition) is 1. The molecule has 1 saturated heterocycles. The first-order valence-electron chi connectivity index (χ1n) is 4.15. The summed E-state index contributed by atoms with van der Waals surface area (Å²) in [5.74, 6) is -0.206. The molecule has 3 atom stereocenters. The SMILES string of the molecule is CN1[C@H]2CC[C@@H](C2)[C@H]1C(=O)O. The summed E-state index contributed by atoms with van der Waals surface area (Å²) in [6.07, 6.45) is 3.42. The summed E-state index contributed by atoms with van der Waals surface area (Å²) >= 11 is 0. The Balaban J connectivity index is 2.17. The van der Waals surface area contributed by atoms with E-state index in [-0.39, 0.29) is 6.04 Å². The van der Waals surface area contributed by atoms with Gasteiger partial charge in [-0.15, -0.1) is 0 Å². The normalized spacial score (nSPS) is 43.2. The van der Waals surface area contributed by atoms with E-state index in [0.717, 1.165) is 12.8 Å². The number of piperidine rings is 1. The second-order valence-electron chi connectivity index (χ2n) is 3.68. The molecule has 2 bridgehead atoms. The molecule has 3 nitrogen and oxygen atoms in total. The molecule has 2 rings (SSSR count). The number of likely N-dealkylation sites (N-methyl/N-ethyl adjacent to an activating group) is 1. The Morgan fingerprint density at radius 2 is 2.27 bits per heavy atom. The van der Waals surface area contributed by atoms with Gasteiger partial charge >= 0.3 is 5.97 Å². The van der Waals surface area contributed by atoms with E-state index in [1.54, 1.807) is 0 Å². The minimum absolute atomic E-state index is 0.186. The molecule has 3 heteroatoms. The van der Waals surface area contributed by atoms with Crippen LogP contribution in [0.15, 0.2) is 0 Å². The maximum absolute atomic E-state index is 10.8. The molecule has 1 aliphatic heterocycles. The molecule has 1 N–H and O–H groups in total. The van der Waals surface area contributed by atoms with Gasteiger partial charge in [-0.25, -0.2) is 0 Å². The van der Waals surface area contributed by atoms with Crippen LogP contribution in [0.2, 0.25) is 0 Å². The van der Waals surface area contributed by atoms with Crippen molar-refractivity contribution in [3.8, 4) is 0 Å². The van der Waals surface area contributed by atoms with Gasteiger partial charge in [0.2, 0.25) is 0 Å². The highest BCUT2D eigenvalue weighted by Gasteiger charge is 2.47. The zero-order valence-corrected chi connectivity index (χ0v) is 6.66. The standard InChI is InChI=1S/C8H13NO2/c1-9-6-3-2-5(4-6)7(9)8(10)11/h5-7H,2-4H2,1H3,(H,10,11)/t5-,6-,7-/m0/s1. The van der Waals surface area contributed by atoms with Crippen molar-refractivity contribution in [3.63, 3.8) is 0 Å². The van der Waals surface area contributed by atoms with Crippen LogP contribution in [-0.4, -0.2) is 35.1 Å². The molecular weight excluding hydrogens is 142 g/mol. The predicted octanol–water partition coefficient (Wildman–Crippen LogP) is 0.554. The predicted molar refractivity (Wildman–Crippen MR) is 40.3 cm³/mol. The number of carboxylic acid groups (broad SMARTS) is 1. The number of carbonyl (C=O) groups is 1. The third-order valence-corrected chi connectivity index (χ3v) is 3.16. The lowest BCUT2D eigenvalue weighted by atomic mass is 9.99. The zero-order chi connectivity index (χ0) is 8.01. The lowest BCUT2D eigenvalue weighted by Gasteiger charge is -2.28. The lowest BCUT2D eigenvalue weighted by Crippen LogP contribution is -2.42. The Morgan fingerprint density at radius 1 is 1.55 bits per heavy atom. The topological polar surface area (TPSA) is 40.5 Å². The van der Waals surface area contributed by atoms with Crippen LogP contribution in [0.3, 0.4) is 0 Å². The summed E-state index contributed by atoms with van der Waals surface area (Å²) in [4.78, 5) is 12.8. The molecule has 62 valence electrons. The molecule has 0 amide bonds. The van der Waals surface area contributed by atoms with Crippen molar-refractivity contribution in [1.29, 1.82) is 0 Å². The zero-order valence-electron chi connectivity index (χ0n) is 6.66. The molecule has 0 unspecified atom stereocenters. The molecule has 0 radical (unpaired) electrons. The fourth-order valence-corrected chi connectivity index (χ4v) is 2.58. The fraction of sp³-hybridized carbons (Fsp3) is 0.875. The van der Waals surface area contributed by atoms with Gasteiger partial charge < -0.3 is 5.11 Å². The first-order chi connectivity index (χ1) is 5.20.